The van der Waals surface area contributed by atoms with Gasteiger partial charge in [-0.25, -0.2) is 18.7 Å². The lowest BCUT2D eigenvalue weighted by atomic mass is 10.1. The summed E-state index contributed by atoms with van der Waals surface area (Å²) in [4.78, 5) is 8.16. The molecule has 1 aromatic heterocycles. The predicted molar refractivity (Wildman–Crippen MR) is 86.9 cm³/mol. The van der Waals surface area contributed by atoms with Gasteiger partial charge in [0.15, 0.2) is 0 Å². The Kier molecular flexibility index (Phi) is 4.64. The normalized spacial score (nSPS) is 11.6. The highest BCUT2D eigenvalue weighted by Gasteiger charge is 2.18. The molecule has 0 amide bonds. The molecule has 0 fully saturated rings. The lowest BCUT2D eigenvalue weighted by Gasteiger charge is -2.13. The lowest BCUT2D eigenvalue weighted by Crippen LogP contribution is -2.07. The Morgan fingerprint density at radius 1 is 1.08 bits per heavy atom. The third-order valence-electron chi connectivity index (χ3n) is 3.48. The molecule has 0 spiro atoms. The van der Waals surface area contributed by atoms with Gasteiger partial charge in [0, 0.05) is 17.4 Å². The molecule has 0 bridgehead atoms. The van der Waals surface area contributed by atoms with E-state index >= 15 is 0 Å². The molecule has 7 heteroatoms. The van der Waals surface area contributed by atoms with Crippen LogP contribution in [0.25, 0.3) is 0 Å². The molecule has 0 saturated carbocycles. The average Bonchev–Trinajstić information content (AvgIpc) is 2.64. The molecule has 1 unspecified atom stereocenters. The Hall–Kier alpha value is -3.37. The van der Waals surface area contributed by atoms with Crippen molar-refractivity contribution in [2.24, 2.45) is 0 Å². The van der Waals surface area contributed by atoms with E-state index in [1.807, 2.05) is 6.07 Å². The van der Waals surface area contributed by atoms with Crippen molar-refractivity contribution in [2.45, 2.75) is 6.10 Å². The van der Waals surface area contributed by atoms with Crippen LogP contribution in [-0.4, -0.2) is 15.1 Å². The summed E-state index contributed by atoms with van der Waals surface area (Å²) in [5, 5.41) is 22.0. The first-order valence-corrected chi connectivity index (χ1v) is 7.30. The summed E-state index contributed by atoms with van der Waals surface area (Å²) in [6, 6.07) is 12.9. The molecule has 0 radical (unpaired) electrons. The largest absolute Gasteiger partial charge is 0.382 e. The van der Waals surface area contributed by atoms with Crippen molar-refractivity contribution in [2.75, 3.05) is 5.32 Å². The van der Waals surface area contributed by atoms with Crippen LogP contribution < -0.4 is 5.32 Å². The number of hydrogen-bond acceptors (Lipinski definition) is 5. The number of aliphatic hydroxyl groups is 1. The number of nitriles is 1. The van der Waals surface area contributed by atoms with Gasteiger partial charge in [-0.2, -0.15) is 5.26 Å². The fourth-order valence-electron chi connectivity index (χ4n) is 2.23. The molecule has 1 heterocycles. The number of rotatable bonds is 4. The van der Waals surface area contributed by atoms with Crippen LogP contribution >= 0.6 is 0 Å². The van der Waals surface area contributed by atoms with Gasteiger partial charge >= 0.3 is 0 Å². The summed E-state index contributed by atoms with van der Waals surface area (Å²) in [5.74, 6) is -1.20. The minimum Gasteiger partial charge on any atom is -0.382 e. The fraction of sp³-hybridized carbons (Fsp3) is 0.0556. The van der Waals surface area contributed by atoms with E-state index in [0.717, 1.165) is 18.2 Å². The van der Waals surface area contributed by atoms with Crippen molar-refractivity contribution in [3.8, 4) is 6.07 Å². The number of nitrogens with zero attached hydrogens (tertiary/aromatic N) is 3. The molecule has 0 aliphatic heterocycles. The van der Waals surface area contributed by atoms with Crippen LogP contribution in [0.3, 0.4) is 0 Å². The first-order chi connectivity index (χ1) is 12.1. The molecule has 2 N–H and O–H groups in total. The van der Waals surface area contributed by atoms with Crippen LogP contribution in [0.5, 0.6) is 0 Å². The minimum absolute atomic E-state index is 0.121. The maximum Gasteiger partial charge on any atom is 0.227 e. The molecule has 124 valence electrons. The van der Waals surface area contributed by atoms with Crippen molar-refractivity contribution in [3.05, 3.63) is 83.2 Å². The maximum atomic E-state index is 13.8. The van der Waals surface area contributed by atoms with Crippen molar-refractivity contribution in [3.63, 3.8) is 0 Å². The maximum absolute atomic E-state index is 13.8. The highest BCUT2D eigenvalue weighted by atomic mass is 19.1. The summed E-state index contributed by atoms with van der Waals surface area (Å²) in [6.45, 7) is 0. The van der Waals surface area contributed by atoms with Crippen LogP contribution in [0, 0.1) is 23.0 Å². The number of nitrogens with one attached hydrogen (secondary N) is 1. The van der Waals surface area contributed by atoms with Gasteiger partial charge in [-0.05, 0) is 48.5 Å². The second-order valence-corrected chi connectivity index (χ2v) is 5.19. The zero-order chi connectivity index (χ0) is 17.8. The first-order valence-electron chi connectivity index (χ1n) is 7.30. The van der Waals surface area contributed by atoms with Crippen LogP contribution in [0.4, 0.5) is 20.4 Å². The summed E-state index contributed by atoms with van der Waals surface area (Å²) < 4.78 is 27.1. The Morgan fingerprint density at radius 3 is 2.56 bits per heavy atom. The predicted octanol–water partition coefficient (Wildman–Crippen LogP) is 3.45. The van der Waals surface area contributed by atoms with Gasteiger partial charge in [-0.15, -0.1) is 0 Å². The minimum atomic E-state index is -1.43. The van der Waals surface area contributed by atoms with E-state index in [1.165, 1.54) is 12.3 Å². The Labute approximate surface area is 142 Å². The highest BCUT2D eigenvalue weighted by Crippen LogP contribution is 2.24. The van der Waals surface area contributed by atoms with E-state index in [-0.39, 0.29) is 17.2 Å². The van der Waals surface area contributed by atoms with Gasteiger partial charge in [0.05, 0.1) is 17.3 Å². The molecule has 0 aliphatic carbocycles. The molecule has 5 nitrogen and oxygen atoms in total. The Bertz CT molecular complexity index is 939. The zero-order valence-electron chi connectivity index (χ0n) is 12.8. The van der Waals surface area contributed by atoms with E-state index in [1.54, 1.807) is 24.3 Å². The number of benzene rings is 2. The van der Waals surface area contributed by atoms with Gasteiger partial charge < -0.3 is 10.4 Å². The molecule has 3 aromatic rings. The molecule has 2 aromatic carbocycles. The number of aromatic nitrogens is 2. The second kappa shape index (κ2) is 7.03. The van der Waals surface area contributed by atoms with E-state index in [4.69, 9.17) is 5.26 Å². The second-order valence-electron chi connectivity index (χ2n) is 5.19. The van der Waals surface area contributed by atoms with Crippen molar-refractivity contribution < 1.29 is 13.9 Å². The summed E-state index contributed by atoms with van der Waals surface area (Å²) >= 11 is 0. The van der Waals surface area contributed by atoms with E-state index in [9.17, 15) is 13.9 Å². The van der Waals surface area contributed by atoms with Crippen LogP contribution in [0.2, 0.25) is 0 Å². The van der Waals surface area contributed by atoms with Gasteiger partial charge in [-0.1, -0.05) is 0 Å². The summed E-state index contributed by atoms with van der Waals surface area (Å²) in [6.07, 6.45) is -0.0328. The number of halogens is 2. The third kappa shape index (κ3) is 3.76. The fourth-order valence-corrected chi connectivity index (χ4v) is 2.23. The van der Waals surface area contributed by atoms with Crippen LogP contribution in [-0.2, 0) is 0 Å². The Morgan fingerprint density at radius 2 is 1.84 bits per heavy atom. The van der Waals surface area contributed by atoms with Gasteiger partial charge in [0.25, 0.3) is 0 Å². The van der Waals surface area contributed by atoms with Gasteiger partial charge in [0.2, 0.25) is 5.95 Å². The van der Waals surface area contributed by atoms with E-state index < -0.39 is 17.7 Å². The summed E-state index contributed by atoms with van der Waals surface area (Å²) in [7, 11) is 0. The molecule has 1 atom stereocenters. The van der Waals surface area contributed by atoms with Crippen LogP contribution in [0.15, 0.2) is 54.7 Å². The van der Waals surface area contributed by atoms with E-state index in [0.29, 0.717) is 11.3 Å². The average molecular weight is 338 g/mol. The molecule has 0 aliphatic rings. The smallest absolute Gasteiger partial charge is 0.227 e. The topological polar surface area (TPSA) is 81.8 Å². The Balaban J connectivity index is 1.85. The van der Waals surface area contributed by atoms with E-state index in [2.05, 4.69) is 15.3 Å². The highest BCUT2D eigenvalue weighted by molar-refractivity contribution is 5.54. The molecular formula is C18H12F2N4O. The van der Waals surface area contributed by atoms with Gasteiger partial charge in [0.1, 0.15) is 17.7 Å². The monoisotopic (exact) mass is 338 g/mol. The SMILES string of the molecule is N#Cc1ccc(Nc2nccc(C(O)c3cc(F)ccc3F)n2)cc1. The molecule has 3 rings (SSSR count). The molecule has 25 heavy (non-hydrogen) atoms. The van der Waals surface area contributed by atoms with Crippen molar-refractivity contribution in [1.29, 1.82) is 5.26 Å². The third-order valence-corrected chi connectivity index (χ3v) is 3.48. The van der Waals surface area contributed by atoms with Crippen LogP contribution in [0.1, 0.15) is 22.9 Å². The van der Waals surface area contributed by atoms with Crippen molar-refractivity contribution >= 4 is 11.6 Å². The summed E-state index contributed by atoms with van der Waals surface area (Å²) in [5.41, 5.74) is 1.07. The van der Waals surface area contributed by atoms with Gasteiger partial charge in [-0.3, -0.25) is 0 Å². The van der Waals surface area contributed by atoms with Crippen molar-refractivity contribution in [1.82, 2.24) is 9.97 Å². The molecular weight excluding hydrogens is 326 g/mol. The standard InChI is InChI=1S/C18H12F2N4O/c19-12-3-6-15(20)14(9-12)17(25)16-7-8-22-18(24-16)23-13-4-1-11(10-21)2-5-13/h1-9,17,25H,(H,22,23,24). The number of anilines is 2. The lowest BCUT2D eigenvalue weighted by molar-refractivity contribution is 0.209. The molecule has 0 saturated heterocycles. The number of hydrogen-bond donors (Lipinski definition) is 2. The first kappa shape index (κ1) is 16.5. The zero-order valence-corrected chi connectivity index (χ0v) is 12.8. The number of aliphatic hydroxyl groups excluding tert-OH is 1. The quantitative estimate of drug-likeness (QED) is 0.761.